The Labute approximate surface area is 104 Å². The smallest absolute Gasteiger partial charge is 0.385 e. The van der Waals surface area contributed by atoms with Crippen LogP contribution in [0.4, 0.5) is 13.2 Å². The Morgan fingerprint density at radius 3 is 2.61 bits per heavy atom. The molecule has 0 bridgehead atoms. The monoisotopic (exact) mass is 268 g/mol. The summed E-state index contributed by atoms with van der Waals surface area (Å²) < 4.78 is 42.2. The first-order valence-corrected chi connectivity index (χ1v) is 5.81. The van der Waals surface area contributed by atoms with Crippen molar-refractivity contribution in [2.24, 2.45) is 10.8 Å². The van der Waals surface area contributed by atoms with E-state index < -0.39 is 12.7 Å². The highest BCUT2D eigenvalue weighted by molar-refractivity contribution is 5.80. The van der Waals surface area contributed by atoms with Crippen LogP contribution in [0.5, 0.6) is 0 Å². The third-order valence-corrected chi connectivity index (χ3v) is 2.51. The normalized spacial score (nSPS) is 16.8. The van der Waals surface area contributed by atoms with Gasteiger partial charge in [0.1, 0.15) is 6.54 Å². The molecule has 0 aromatic heterocycles. The van der Waals surface area contributed by atoms with Crippen molar-refractivity contribution in [2.75, 3.05) is 26.8 Å². The standard InChI is InChI=1S/C10H19F3N4O/c1-18-6-2-5-15-9(16-14)17(8-3-4-8)7-10(11,12)13/h8H,2-7,14H2,1H3,(H,15,16). The summed E-state index contributed by atoms with van der Waals surface area (Å²) in [5, 5.41) is 0. The first kappa shape index (κ1) is 15.0. The van der Waals surface area contributed by atoms with Crippen molar-refractivity contribution in [1.29, 1.82) is 0 Å². The quantitative estimate of drug-likeness (QED) is 0.247. The summed E-state index contributed by atoms with van der Waals surface area (Å²) in [7, 11) is 1.56. The summed E-state index contributed by atoms with van der Waals surface area (Å²) in [5.74, 6) is 5.35. The molecule has 1 saturated carbocycles. The van der Waals surface area contributed by atoms with Crippen LogP contribution in [-0.2, 0) is 4.74 Å². The topological polar surface area (TPSA) is 62.9 Å². The zero-order valence-corrected chi connectivity index (χ0v) is 10.3. The van der Waals surface area contributed by atoms with Gasteiger partial charge in [0.2, 0.25) is 5.96 Å². The minimum Gasteiger partial charge on any atom is -0.385 e. The predicted octanol–water partition coefficient (Wildman–Crippen LogP) is 0.869. The van der Waals surface area contributed by atoms with Crippen molar-refractivity contribution in [3.63, 3.8) is 0 Å². The van der Waals surface area contributed by atoms with Crippen molar-refractivity contribution in [3.05, 3.63) is 0 Å². The summed E-state index contributed by atoms with van der Waals surface area (Å²) in [6.07, 6.45) is -2.12. The fourth-order valence-electron chi connectivity index (χ4n) is 1.57. The maximum Gasteiger partial charge on any atom is 0.406 e. The fraction of sp³-hybridized carbons (Fsp3) is 0.900. The van der Waals surface area contributed by atoms with E-state index in [-0.39, 0.29) is 12.0 Å². The zero-order valence-electron chi connectivity index (χ0n) is 10.3. The minimum atomic E-state index is -4.26. The number of nitrogens with zero attached hydrogens (tertiary/aromatic N) is 2. The van der Waals surface area contributed by atoms with Crippen LogP contribution >= 0.6 is 0 Å². The van der Waals surface area contributed by atoms with Crippen LogP contribution in [0.3, 0.4) is 0 Å². The van der Waals surface area contributed by atoms with Crippen molar-refractivity contribution in [2.45, 2.75) is 31.5 Å². The van der Waals surface area contributed by atoms with Crippen LogP contribution < -0.4 is 11.3 Å². The number of alkyl halides is 3. The molecule has 0 aromatic rings. The number of hydrogen-bond donors (Lipinski definition) is 2. The highest BCUT2D eigenvalue weighted by atomic mass is 19.4. The number of nitrogens with two attached hydrogens (primary N) is 1. The highest BCUT2D eigenvalue weighted by Crippen LogP contribution is 2.30. The van der Waals surface area contributed by atoms with Crippen LogP contribution in [0.2, 0.25) is 0 Å². The molecule has 1 aliphatic rings. The van der Waals surface area contributed by atoms with Gasteiger partial charge in [-0.25, -0.2) is 5.84 Å². The molecule has 1 aliphatic carbocycles. The van der Waals surface area contributed by atoms with Gasteiger partial charge >= 0.3 is 6.18 Å². The van der Waals surface area contributed by atoms with E-state index in [0.717, 1.165) is 12.8 Å². The van der Waals surface area contributed by atoms with Gasteiger partial charge in [0, 0.05) is 26.3 Å². The number of nitrogens with one attached hydrogen (secondary N) is 1. The predicted molar refractivity (Wildman–Crippen MR) is 61.9 cm³/mol. The molecule has 0 aliphatic heterocycles. The average molecular weight is 268 g/mol. The molecule has 18 heavy (non-hydrogen) atoms. The lowest BCUT2D eigenvalue weighted by atomic mass is 10.4. The van der Waals surface area contributed by atoms with E-state index in [1.807, 2.05) is 0 Å². The molecule has 1 rings (SSSR count). The lowest BCUT2D eigenvalue weighted by Crippen LogP contribution is -2.49. The molecule has 0 heterocycles. The summed E-state index contributed by atoms with van der Waals surface area (Å²) in [5.41, 5.74) is 2.26. The van der Waals surface area contributed by atoms with E-state index in [0.29, 0.717) is 19.6 Å². The molecule has 0 aromatic carbocycles. The maximum absolute atomic E-state index is 12.4. The minimum absolute atomic E-state index is 0.103. The van der Waals surface area contributed by atoms with Crippen molar-refractivity contribution >= 4 is 5.96 Å². The Morgan fingerprint density at radius 1 is 1.50 bits per heavy atom. The summed E-state index contributed by atoms with van der Waals surface area (Å²) >= 11 is 0. The van der Waals surface area contributed by atoms with Gasteiger partial charge in [-0.15, -0.1) is 0 Å². The highest BCUT2D eigenvalue weighted by Gasteiger charge is 2.39. The van der Waals surface area contributed by atoms with Crippen LogP contribution in [0.25, 0.3) is 0 Å². The van der Waals surface area contributed by atoms with E-state index in [1.54, 1.807) is 7.11 Å². The van der Waals surface area contributed by atoms with Gasteiger partial charge in [0.15, 0.2) is 0 Å². The van der Waals surface area contributed by atoms with E-state index in [2.05, 4.69) is 10.4 Å². The number of rotatable bonds is 6. The lowest BCUT2D eigenvalue weighted by Gasteiger charge is -2.26. The number of aliphatic imine (C=N–C) groups is 1. The van der Waals surface area contributed by atoms with Gasteiger partial charge in [0.25, 0.3) is 0 Å². The Morgan fingerprint density at radius 2 is 2.17 bits per heavy atom. The largest absolute Gasteiger partial charge is 0.406 e. The molecule has 1 fully saturated rings. The van der Waals surface area contributed by atoms with Crippen molar-refractivity contribution < 1.29 is 17.9 Å². The van der Waals surface area contributed by atoms with Crippen LogP contribution in [0.15, 0.2) is 4.99 Å². The Balaban J connectivity index is 2.57. The second-order valence-corrected chi connectivity index (χ2v) is 4.17. The molecular weight excluding hydrogens is 249 g/mol. The number of methoxy groups -OCH3 is 1. The Hall–Kier alpha value is -1.02. The van der Waals surface area contributed by atoms with Crippen LogP contribution in [0.1, 0.15) is 19.3 Å². The molecule has 0 saturated heterocycles. The number of ether oxygens (including phenoxy) is 1. The molecule has 0 unspecified atom stereocenters. The summed E-state index contributed by atoms with van der Waals surface area (Å²) in [4.78, 5) is 5.24. The Kier molecular flexibility index (Phi) is 5.67. The SMILES string of the molecule is COCCCN=C(NN)N(CC(F)(F)F)C1CC1. The second kappa shape index (κ2) is 6.79. The summed E-state index contributed by atoms with van der Waals surface area (Å²) in [6, 6.07) is -0.108. The molecule has 3 N–H and O–H groups in total. The van der Waals surface area contributed by atoms with Gasteiger partial charge in [-0.2, -0.15) is 13.2 Å². The number of hydrazine groups is 1. The third kappa shape index (κ3) is 5.54. The van der Waals surface area contributed by atoms with Crippen molar-refractivity contribution in [1.82, 2.24) is 10.3 Å². The van der Waals surface area contributed by atoms with Crippen molar-refractivity contribution in [3.8, 4) is 0 Å². The molecule has 8 heteroatoms. The number of hydrogen-bond acceptors (Lipinski definition) is 3. The maximum atomic E-state index is 12.4. The van der Waals surface area contributed by atoms with E-state index in [9.17, 15) is 13.2 Å². The summed E-state index contributed by atoms with van der Waals surface area (Å²) in [6.45, 7) is -0.122. The van der Waals surface area contributed by atoms with Crippen LogP contribution in [-0.4, -0.2) is 49.9 Å². The van der Waals surface area contributed by atoms with Gasteiger partial charge in [-0.1, -0.05) is 0 Å². The molecule has 0 amide bonds. The van der Waals surface area contributed by atoms with Crippen LogP contribution in [0, 0.1) is 0 Å². The third-order valence-electron chi connectivity index (χ3n) is 2.51. The lowest BCUT2D eigenvalue weighted by molar-refractivity contribution is -0.139. The van der Waals surface area contributed by atoms with Gasteiger partial charge < -0.3 is 9.64 Å². The number of halogens is 3. The molecule has 0 atom stereocenters. The first-order valence-electron chi connectivity index (χ1n) is 5.81. The van der Waals surface area contributed by atoms with Gasteiger partial charge in [-0.3, -0.25) is 10.4 Å². The molecule has 0 spiro atoms. The second-order valence-electron chi connectivity index (χ2n) is 4.17. The van der Waals surface area contributed by atoms with E-state index in [1.165, 1.54) is 4.90 Å². The fourth-order valence-corrected chi connectivity index (χ4v) is 1.57. The van der Waals surface area contributed by atoms with E-state index in [4.69, 9.17) is 10.6 Å². The zero-order chi connectivity index (χ0) is 13.6. The molecule has 0 radical (unpaired) electrons. The average Bonchev–Trinajstić information content (AvgIpc) is 3.09. The number of guanidine groups is 1. The Bertz CT molecular complexity index is 279. The molecule has 5 nitrogen and oxygen atoms in total. The molecule has 106 valence electrons. The van der Waals surface area contributed by atoms with E-state index >= 15 is 0 Å². The van der Waals surface area contributed by atoms with Gasteiger partial charge in [-0.05, 0) is 19.3 Å². The van der Waals surface area contributed by atoms with Gasteiger partial charge in [0.05, 0.1) is 0 Å². The molecular formula is C10H19F3N4O. The first-order chi connectivity index (χ1) is 8.48.